The lowest BCUT2D eigenvalue weighted by molar-refractivity contribution is -0.138. The Morgan fingerprint density at radius 3 is 2.57 bits per heavy atom. The fourth-order valence-electron chi connectivity index (χ4n) is 2.06. The summed E-state index contributed by atoms with van der Waals surface area (Å²) >= 11 is 0. The monoisotopic (exact) mass is 290 g/mol. The van der Waals surface area contributed by atoms with E-state index in [0.29, 0.717) is 5.82 Å². The zero-order valence-electron chi connectivity index (χ0n) is 13.1. The van der Waals surface area contributed by atoms with Crippen LogP contribution < -0.4 is 5.32 Å². The first-order valence-corrected chi connectivity index (χ1v) is 7.04. The van der Waals surface area contributed by atoms with Gasteiger partial charge in [0.1, 0.15) is 11.6 Å². The number of anilines is 1. The molecule has 0 aliphatic heterocycles. The Morgan fingerprint density at radius 2 is 2.05 bits per heavy atom. The average Bonchev–Trinajstić information content (AvgIpc) is 2.79. The SMILES string of the molecule is CC(C)C(Nc1nccn2nc(C(C)(C)C)cc12)C(=O)O. The molecule has 0 spiro atoms. The standard InChI is InChI=1S/C15H22N4O2/c1-9(2)12(14(20)21)17-13-10-8-11(15(3,4)5)18-19(10)7-6-16-13/h6-9,12H,1-5H3,(H,16,17)(H,20,21). The Balaban J connectivity index is 2.45. The third-order valence-electron chi connectivity index (χ3n) is 3.38. The van der Waals surface area contributed by atoms with Gasteiger partial charge in [-0.1, -0.05) is 34.6 Å². The van der Waals surface area contributed by atoms with Crippen molar-refractivity contribution in [2.45, 2.75) is 46.1 Å². The van der Waals surface area contributed by atoms with E-state index in [-0.39, 0.29) is 11.3 Å². The number of hydrogen-bond acceptors (Lipinski definition) is 4. The molecular weight excluding hydrogens is 268 g/mol. The van der Waals surface area contributed by atoms with Crippen molar-refractivity contribution in [3.8, 4) is 0 Å². The first-order valence-electron chi connectivity index (χ1n) is 7.04. The highest BCUT2D eigenvalue weighted by molar-refractivity contribution is 5.80. The molecule has 0 saturated heterocycles. The fourth-order valence-corrected chi connectivity index (χ4v) is 2.06. The molecule has 2 N–H and O–H groups in total. The van der Waals surface area contributed by atoms with Crippen LogP contribution >= 0.6 is 0 Å². The van der Waals surface area contributed by atoms with Gasteiger partial charge in [-0.25, -0.2) is 14.3 Å². The van der Waals surface area contributed by atoms with Crippen molar-refractivity contribution >= 4 is 17.3 Å². The van der Waals surface area contributed by atoms with Crippen LogP contribution in [0.1, 0.15) is 40.3 Å². The first kappa shape index (κ1) is 15.3. The van der Waals surface area contributed by atoms with Crippen LogP contribution in [0.4, 0.5) is 5.82 Å². The molecule has 21 heavy (non-hydrogen) atoms. The second kappa shape index (κ2) is 5.35. The van der Waals surface area contributed by atoms with Crippen molar-refractivity contribution in [3.05, 3.63) is 24.2 Å². The maximum atomic E-state index is 11.3. The van der Waals surface area contributed by atoms with Gasteiger partial charge in [0.15, 0.2) is 5.82 Å². The summed E-state index contributed by atoms with van der Waals surface area (Å²) in [7, 11) is 0. The second-order valence-corrected chi connectivity index (χ2v) is 6.59. The third kappa shape index (κ3) is 3.15. The molecular formula is C15H22N4O2. The van der Waals surface area contributed by atoms with Gasteiger partial charge in [0.2, 0.25) is 0 Å². The van der Waals surface area contributed by atoms with E-state index < -0.39 is 12.0 Å². The maximum Gasteiger partial charge on any atom is 0.326 e. The van der Waals surface area contributed by atoms with Crippen molar-refractivity contribution in [2.24, 2.45) is 5.92 Å². The maximum absolute atomic E-state index is 11.3. The van der Waals surface area contributed by atoms with Crippen LogP contribution in [0.15, 0.2) is 18.5 Å². The largest absolute Gasteiger partial charge is 0.480 e. The van der Waals surface area contributed by atoms with E-state index in [4.69, 9.17) is 0 Å². The lowest BCUT2D eigenvalue weighted by Gasteiger charge is -2.18. The zero-order valence-corrected chi connectivity index (χ0v) is 13.1. The van der Waals surface area contributed by atoms with Gasteiger partial charge in [-0.3, -0.25) is 0 Å². The van der Waals surface area contributed by atoms with Crippen molar-refractivity contribution in [1.82, 2.24) is 14.6 Å². The third-order valence-corrected chi connectivity index (χ3v) is 3.38. The molecule has 0 saturated carbocycles. The van der Waals surface area contributed by atoms with E-state index in [2.05, 4.69) is 36.2 Å². The number of carboxylic acids is 1. The molecule has 2 aromatic heterocycles. The molecule has 6 heteroatoms. The minimum absolute atomic E-state index is 0.0467. The van der Waals surface area contributed by atoms with Crippen molar-refractivity contribution in [1.29, 1.82) is 0 Å². The second-order valence-electron chi connectivity index (χ2n) is 6.59. The van der Waals surface area contributed by atoms with Gasteiger partial charge in [0.05, 0.1) is 5.69 Å². The summed E-state index contributed by atoms with van der Waals surface area (Å²) in [6, 6.07) is 1.27. The summed E-state index contributed by atoms with van der Waals surface area (Å²) in [6.07, 6.45) is 3.38. The molecule has 0 aliphatic carbocycles. The van der Waals surface area contributed by atoms with E-state index in [0.717, 1.165) is 11.2 Å². The van der Waals surface area contributed by atoms with Crippen LogP contribution in [-0.2, 0) is 10.2 Å². The fraction of sp³-hybridized carbons (Fsp3) is 0.533. The predicted molar refractivity (Wildman–Crippen MR) is 81.6 cm³/mol. The number of nitrogens with one attached hydrogen (secondary N) is 1. The number of rotatable bonds is 4. The lowest BCUT2D eigenvalue weighted by Crippen LogP contribution is -2.34. The van der Waals surface area contributed by atoms with E-state index in [1.807, 2.05) is 19.9 Å². The molecule has 2 rings (SSSR count). The molecule has 0 radical (unpaired) electrons. The minimum Gasteiger partial charge on any atom is -0.480 e. The van der Waals surface area contributed by atoms with Gasteiger partial charge in [-0.15, -0.1) is 0 Å². The van der Waals surface area contributed by atoms with Gasteiger partial charge in [0, 0.05) is 17.8 Å². The van der Waals surface area contributed by atoms with Crippen LogP contribution in [0, 0.1) is 5.92 Å². The normalized spacial score (nSPS) is 13.6. The van der Waals surface area contributed by atoms with Gasteiger partial charge < -0.3 is 10.4 Å². The highest BCUT2D eigenvalue weighted by Crippen LogP contribution is 2.25. The molecule has 0 fully saturated rings. The van der Waals surface area contributed by atoms with E-state index in [9.17, 15) is 9.90 Å². The zero-order chi connectivity index (χ0) is 15.8. The lowest BCUT2D eigenvalue weighted by atomic mass is 9.92. The number of hydrogen-bond donors (Lipinski definition) is 2. The molecule has 0 amide bonds. The summed E-state index contributed by atoms with van der Waals surface area (Å²) in [4.78, 5) is 15.6. The Bertz CT molecular complexity index is 655. The van der Waals surface area contributed by atoms with E-state index >= 15 is 0 Å². The summed E-state index contributed by atoms with van der Waals surface area (Å²) in [6.45, 7) is 9.99. The number of carbonyl (C=O) groups is 1. The topological polar surface area (TPSA) is 79.5 Å². The first-order chi connectivity index (χ1) is 9.70. The molecule has 0 aromatic carbocycles. The van der Waals surface area contributed by atoms with Crippen molar-refractivity contribution in [3.63, 3.8) is 0 Å². The van der Waals surface area contributed by atoms with Gasteiger partial charge in [-0.05, 0) is 12.0 Å². The summed E-state index contributed by atoms with van der Waals surface area (Å²) in [5.74, 6) is -0.388. The Labute approximate surface area is 124 Å². The highest BCUT2D eigenvalue weighted by atomic mass is 16.4. The summed E-state index contributed by atoms with van der Waals surface area (Å²) < 4.78 is 1.73. The molecule has 1 atom stereocenters. The molecule has 1 unspecified atom stereocenters. The summed E-state index contributed by atoms with van der Waals surface area (Å²) in [5.41, 5.74) is 1.65. The van der Waals surface area contributed by atoms with Crippen LogP contribution in [0.5, 0.6) is 0 Å². The van der Waals surface area contributed by atoms with Crippen LogP contribution in [0.2, 0.25) is 0 Å². The number of carboxylic acid groups (broad SMARTS) is 1. The molecule has 6 nitrogen and oxygen atoms in total. The minimum atomic E-state index is -0.885. The Hall–Kier alpha value is -2.11. The van der Waals surface area contributed by atoms with Crippen molar-refractivity contribution in [2.75, 3.05) is 5.32 Å². The Morgan fingerprint density at radius 1 is 1.38 bits per heavy atom. The number of fused-ring (bicyclic) bond motifs is 1. The predicted octanol–water partition coefficient (Wildman–Crippen LogP) is 2.55. The van der Waals surface area contributed by atoms with Gasteiger partial charge >= 0.3 is 5.97 Å². The molecule has 0 aliphatic rings. The number of aliphatic carboxylic acids is 1. The smallest absolute Gasteiger partial charge is 0.326 e. The van der Waals surface area contributed by atoms with Gasteiger partial charge in [-0.2, -0.15) is 5.10 Å². The van der Waals surface area contributed by atoms with Crippen LogP contribution in [0.3, 0.4) is 0 Å². The quantitative estimate of drug-likeness (QED) is 0.904. The molecule has 2 aromatic rings. The number of nitrogens with zero attached hydrogens (tertiary/aromatic N) is 3. The summed E-state index contributed by atoms with van der Waals surface area (Å²) in [5, 5.41) is 16.8. The van der Waals surface area contributed by atoms with Gasteiger partial charge in [0.25, 0.3) is 0 Å². The van der Waals surface area contributed by atoms with Crippen LogP contribution in [-0.4, -0.2) is 31.7 Å². The Kier molecular flexibility index (Phi) is 3.89. The molecule has 0 bridgehead atoms. The number of aromatic nitrogens is 3. The molecule has 114 valence electrons. The van der Waals surface area contributed by atoms with E-state index in [1.54, 1.807) is 16.9 Å². The van der Waals surface area contributed by atoms with E-state index in [1.165, 1.54) is 0 Å². The van der Waals surface area contributed by atoms with Crippen molar-refractivity contribution < 1.29 is 9.90 Å². The van der Waals surface area contributed by atoms with Crippen LogP contribution in [0.25, 0.3) is 5.52 Å². The molecule has 2 heterocycles. The average molecular weight is 290 g/mol. The highest BCUT2D eigenvalue weighted by Gasteiger charge is 2.24.